The van der Waals surface area contributed by atoms with Crippen LogP contribution in [0, 0.1) is 5.41 Å². The number of rotatable bonds is 6. The Labute approximate surface area is 142 Å². The largest absolute Gasteiger partial charge is 0.387 e. The van der Waals surface area contributed by atoms with E-state index < -0.39 is 5.60 Å². The fraction of sp³-hybridized carbons (Fsp3) is 0.611. The van der Waals surface area contributed by atoms with Gasteiger partial charge in [-0.25, -0.2) is 4.79 Å². The van der Waals surface area contributed by atoms with E-state index >= 15 is 0 Å². The molecule has 1 aliphatic heterocycles. The number of benzene rings is 1. The minimum absolute atomic E-state index is 0.158. The molecule has 0 aromatic heterocycles. The van der Waals surface area contributed by atoms with Crippen molar-refractivity contribution in [2.24, 2.45) is 5.41 Å². The Bertz CT molecular complexity index is 525. The van der Waals surface area contributed by atoms with Gasteiger partial charge in [0, 0.05) is 18.8 Å². The van der Waals surface area contributed by atoms with E-state index in [1.807, 2.05) is 6.07 Å². The lowest BCUT2D eigenvalue weighted by atomic mass is 9.65. The van der Waals surface area contributed by atoms with Gasteiger partial charge in [-0.15, -0.1) is 0 Å². The van der Waals surface area contributed by atoms with E-state index in [-0.39, 0.29) is 11.4 Å². The summed E-state index contributed by atoms with van der Waals surface area (Å²) >= 11 is 1.74. The monoisotopic (exact) mass is 334 g/mol. The second-order valence-corrected chi connectivity index (χ2v) is 8.18. The third-order valence-electron chi connectivity index (χ3n) is 5.12. The van der Waals surface area contributed by atoms with Gasteiger partial charge in [-0.1, -0.05) is 36.8 Å². The number of hydrogen-bond donors (Lipinski definition) is 3. The maximum absolute atomic E-state index is 12.0. The van der Waals surface area contributed by atoms with Gasteiger partial charge < -0.3 is 15.7 Å². The number of carbonyl (C=O) groups is 1. The van der Waals surface area contributed by atoms with Crippen LogP contribution in [0.4, 0.5) is 4.79 Å². The van der Waals surface area contributed by atoms with Gasteiger partial charge in [0.2, 0.25) is 0 Å². The van der Waals surface area contributed by atoms with E-state index in [9.17, 15) is 9.90 Å². The summed E-state index contributed by atoms with van der Waals surface area (Å²) in [5.74, 6) is 1.69. The Hall–Kier alpha value is -1.20. The van der Waals surface area contributed by atoms with Crippen LogP contribution in [-0.4, -0.2) is 41.3 Å². The molecule has 0 radical (unpaired) electrons. The zero-order valence-corrected chi connectivity index (χ0v) is 14.3. The van der Waals surface area contributed by atoms with Gasteiger partial charge in [0.15, 0.2) is 0 Å². The third-order valence-corrected chi connectivity index (χ3v) is 6.35. The van der Waals surface area contributed by atoms with E-state index in [2.05, 4.69) is 34.9 Å². The first-order valence-electron chi connectivity index (χ1n) is 8.45. The minimum atomic E-state index is -0.722. The number of aliphatic hydroxyl groups is 1. The lowest BCUT2D eigenvalue weighted by Gasteiger charge is -2.42. The highest BCUT2D eigenvalue weighted by Crippen LogP contribution is 2.43. The SMILES string of the molecule is O=C(NCC1(O)CCSC1)NCC1(Cc2ccccc2)CCC1. The Morgan fingerprint density at radius 1 is 1.13 bits per heavy atom. The lowest BCUT2D eigenvalue weighted by molar-refractivity contribution is 0.0694. The van der Waals surface area contributed by atoms with Crippen LogP contribution in [0.5, 0.6) is 0 Å². The fourth-order valence-electron chi connectivity index (χ4n) is 3.43. The molecule has 1 atom stereocenters. The molecule has 4 nitrogen and oxygen atoms in total. The van der Waals surface area contributed by atoms with Crippen molar-refractivity contribution in [2.75, 3.05) is 24.6 Å². The molecule has 1 aromatic carbocycles. The number of carbonyl (C=O) groups excluding carboxylic acids is 1. The van der Waals surface area contributed by atoms with Gasteiger partial charge in [0.25, 0.3) is 0 Å². The molecule has 23 heavy (non-hydrogen) atoms. The minimum Gasteiger partial charge on any atom is -0.387 e. The molecule has 1 heterocycles. The quantitative estimate of drug-likeness (QED) is 0.749. The summed E-state index contributed by atoms with van der Waals surface area (Å²) < 4.78 is 0. The summed E-state index contributed by atoms with van der Waals surface area (Å²) in [5.41, 5.74) is 0.825. The maximum Gasteiger partial charge on any atom is 0.314 e. The van der Waals surface area contributed by atoms with Gasteiger partial charge in [-0.3, -0.25) is 0 Å². The number of amides is 2. The lowest BCUT2D eigenvalue weighted by Crippen LogP contribution is -2.50. The smallest absolute Gasteiger partial charge is 0.314 e. The van der Waals surface area contributed by atoms with Crippen molar-refractivity contribution in [3.8, 4) is 0 Å². The second kappa shape index (κ2) is 7.14. The zero-order valence-electron chi connectivity index (χ0n) is 13.5. The molecular formula is C18H26N2O2S. The molecule has 3 N–H and O–H groups in total. The van der Waals surface area contributed by atoms with Crippen LogP contribution in [0.15, 0.2) is 30.3 Å². The average molecular weight is 334 g/mol. The zero-order chi connectivity index (χ0) is 16.2. The second-order valence-electron chi connectivity index (χ2n) is 7.08. The van der Waals surface area contributed by atoms with Gasteiger partial charge in [-0.2, -0.15) is 11.8 Å². The Morgan fingerprint density at radius 3 is 2.48 bits per heavy atom. The van der Waals surface area contributed by atoms with Crippen molar-refractivity contribution < 1.29 is 9.90 Å². The predicted molar refractivity (Wildman–Crippen MR) is 94.7 cm³/mol. The van der Waals surface area contributed by atoms with Crippen LogP contribution in [-0.2, 0) is 6.42 Å². The molecule has 2 amide bonds. The predicted octanol–water partition coefficient (Wildman–Crippen LogP) is 2.57. The normalized spacial score (nSPS) is 25.6. The van der Waals surface area contributed by atoms with E-state index in [4.69, 9.17) is 0 Å². The van der Waals surface area contributed by atoms with Crippen molar-refractivity contribution in [3.63, 3.8) is 0 Å². The molecule has 1 aliphatic carbocycles. The average Bonchev–Trinajstić information content (AvgIpc) is 2.96. The fourth-order valence-corrected chi connectivity index (χ4v) is 4.73. The van der Waals surface area contributed by atoms with Gasteiger partial charge in [-0.05, 0) is 42.4 Å². The Morgan fingerprint density at radius 2 is 1.87 bits per heavy atom. The molecule has 1 aromatic rings. The standard InChI is InChI=1S/C18H26N2O2S/c21-16(20-13-18(22)9-10-23-14-18)19-12-17(7-4-8-17)11-15-5-2-1-3-6-15/h1-3,5-6,22H,4,7-14H2,(H2,19,20,21). The Kier molecular flexibility index (Phi) is 5.17. The Balaban J connectivity index is 1.45. The van der Waals surface area contributed by atoms with Crippen molar-refractivity contribution in [3.05, 3.63) is 35.9 Å². The van der Waals surface area contributed by atoms with Crippen molar-refractivity contribution in [1.29, 1.82) is 0 Å². The van der Waals surface area contributed by atoms with E-state index in [0.29, 0.717) is 18.8 Å². The third kappa shape index (κ3) is 4.42. The molecule has 1 saturated carbocycles. The van der Waals surface area contributed by atoms with Crippen LogP contribution < -0.4 is 10.6 Å². The highest BCUT2D eigenvalue weighted by molar-refractivity contribution is 7.99. The summed E-state index contributed by atoms with van der Waals surface area (Å²) in [6, 6.07) is 10.3. The summed E-state index contributed by atoms with van der Waals surface area (Å²) in [5, 5.41) is 16.1. The van der Waals surface area contributed by atoms with Crippen LogP contribution in [0.3, 0.4) is 0 Å². The highest BCUT2D eigenvalue weighted by atomic mass is 32.2. The molecular weight excluding hydrogens is 308 g/mol. The first-order valence-corrected chi connectivity index (χ1v) is 9.61. The van der Waals surface area contributed by atoms with Crippen molar-refractivity contribution in [1.82, 2.24) is 10.6 Å². The van der Waals surface area contributed by atoms with Crippen LogP contribution in [0.25, 0.3) is 0 Å². The molecule has 2 fully saturated rings. The highest BCUT2D eigenvalue weighted by Gasteiger charge is 2.37. The van der Waals surface area contributed by atoms with Crippen molar-refractivity contribution in [2.45, 2.75) is 37.7 Å². The number of nitrogens with one attached hydrogen (secondary N) is 2. The first kappa shape index (κ1) is 16.7. The number of urea groups is 1. The number of thioether (sulfide) groups is 1. The molecule has 0 spiro atoms. The van der Waals surface area contributed by atoms with E-state index in [1.165, 1.54) is 24.8 Å². The van der Waals surface area contributed by atoms with Crippen molar-refractivity contribution >= 4 is 17.8 Å². The molecule has 2 aliphatic rings. The molecule has 5 heteroatoms. The number of hydrogen-bond acceptors (Lipinski definition) is 3. The van der Waals surface area contributed by atoms with Gasteiger partial charge >= 0.3 is 6.03 Å². The van der Waals surface area contributed by atoms with Crippen LogP contribution in [0.2, 0.25) is 0 Å². The summed E-state index contributed by atoms with van der Waals surface area (Å²) in [6.07, 6.45) is 5.36. The van der Waals surface area contributed by atoms with Crippen LogP contribution in [0.1, 0.15) is 31.2 Å². The molecule has 1 unspecified atom stereocenters. The topological polar surface area (TPSA) is 61.4 Å². The van der Waals surface area contributed by atoms with Gasteiger partial charge in [0.1, 0.15) is 0 Å². The summed E-state index contributed by atoms with van der Waals surface area (Å²) in [7, 11) is 0. The van der Waals surface area contributed by atoms with E-state index in [0.717, 1.165) is 18.6 Å². The summed E-state index contributed by atoms with van der Waals surface area (Å²) in [6.45, 7) is 1.05. The van der Waals surface area contributed by atoms with Gasteiger partial charge in [0.05, 0.1) is 5.60 Å². The summed E-state index contributed by atoms with van der Waals surface area (Å²) in [4.78, 5) is 12.0. The molecule has 1 saturated heterocycles. The van der Waals surface area contributed by atoms with E-state index in [1.54, 1.807) is 11.8 Å². The van der Waals surface area contributed by atoms with Crippen LogP contribution >= 0.6 is 11.8 Å². The first-order chi connectivity index (χ1) is 11.1. The maximum atomic E-state index is 12.0. The molecule has 3 rings (SSSR count). The molecule has 126 valence electrons. The molecule has 0 bridgehead atoms.